The van der Waals surface area contributed by atoms with Gasteiger partial charge in [0.25, 0.3) is 0 Å². The number of piperidine rings is 1. The lowest BCUT2D eigenvalue weighted by molar-refractivity contribution is -0.133. The molecule has 1 aromatic rings. The number of amides is 1. The summed E-state index contributed by atoms with van der Waals surface area (Å²) in [5.74, 6) is 0.877. The highest BCUT2D eigenvalue weighted by atomic mass is 32.1. The molecule has 1 N–H and O–H groups in total. The fourth-order valence-corrected chi connectivity index (χ4v) is 2.96. The lowest BCUT2D eigenvalue weighted by atomic mass is 9.93. The first-order valence-corrected chi connectivity index (χ1v) is 7.10. The Morgan fingerprint density at radius 1 is 1.65 bits per heavy atom. The van der Waals surface area contributed by atoms with Crippen LogP contribution >= 0.6 is 11.3 Å². The Morgan fingerprint density at radius 3 is 3.12 bits per heavy atom. The molecule has 2 unspecified atom stereocenters. The molecule has 4 heteroatoms. The van der Waals surface area contributed by atoms with Crippen LogP contribution in [0.2, 0.25) is 0 Å². The zero-order valence-corrected chi connectivity index (χ0v) is 11.3. The van der Waals surface area contributed by atoms with Gasteiger partial charge >= 0.3 is 0 Å². The maximum atomic E-state index is 12.2. The van der Waals surface area contributed by atoms with Crippen LogP contribution in [0, 0.1) is 5.92 Å². The lowest BCUT2D eigenvalue weighted by Gasteiger charge is -2.30. The molecule has 2 heterocycles. The molecule has 0 aliphatic carbocycles. The van der Waals surface area contributed by atoms with E-state index in [1.807, 2.05) is 11.9 Å². The second-order valence-electron chi connectivity index (χ2n) is 4.96. The molecule has 17 heavy (non-hydrogen) atoms. The van der Waals surface area contributed by atoms with E-state index in [9.17, 15) is 4.79 Å². The van der Waals surface area contributed by atoms with Crippen LogP contribution in [0.1, 0.15) is 25.3 Å². The van der Waals surface area contributed by atoms with Crippen molar-refractivity contribution in [3.63, 3.8) is 0 Å². The summed E-state index contributed by atoms with van der Waals surface area (Å²) < 4.78 is 0. The first kappa shape index (κ1) is 12.6. The van der Waals surface area contributed by atoms with Crippen molar-refractivity contribution >= 4 is 17.2 Å². The van der Waals surface area contributed by atoms with Gasteiger partial charge in [0.2, 0.25) is 5.91 Å². The number of carbonyl (C=O) groups is 1. The normalized spacial score (nSPS) is 24.6. The molecule has 0 saturated carbocycles. The molecule has 94 valence electrons. The highest BCUT2D eigenvalue weighted by Gasteiger charge is 2.26. The van der Waals surface area contributed by atoms with Crippen molar-refractivity contribution in [1.29, 1.82) is 0 Å². The zero-order chi connectivity index (χ0) is 12.3. The highest BCUT2D eigenvalue weighted by molar-refractivity contribution is 7.07. The van der Waals surface area contributed by atoms with Crippen LogP contribution in [0.3, 0.4) is 0 Å². The van der Waals surface area contributed by atoms with Gasteiger partial charge in [0, 0.05) is 13.6 Å². The smallest absolute Gasteiger partial charge is 0.239 e. The fourth-order valence-electron chi connectivity index (χ4n) is 2.30. The maximum Gasteiger partial charge on any atom is 0.239 e. The number of hydrogen-bond acceptors (Lipinski definition) is 3. The van der Waals surface area contributed by atoms with Crippen LogP contribution in [-0.2, 0) is 11.3 Å². The van der Waals surface area contributed by atoms with Gasteiger partial charge in [0.15, 0.2) is 0 Å². The summed E-state index contributed by atoms with van der Waals surface area (Å²) in [4.78, 5) is 14.1. The monoisotopic (exact) mass is 252 g/mol. The lowest BCUT2D eigenvalue weighted by Crippen LogP contribution is -2.48. The van der Waals surface area contributed by atoms with Crippen molar-refractivity contribution in [3.8, 4) is 0 Å². The molecule has 0 aromatic carbocycles. The van der Waals surface area contributed by atoms with Crippen molar-refractivity contribution in [3.05, 3.63) is 22.4 Å². The largest absolute Gasteiger partial charge is 0.340 e. The quantitative estimate of drug-likeness (QED) is 0.893. The molecule has 1 aromatic heterocycles. The van der Waals surface area contributed by atoms with E-state index >= 15 is 0 Å². The first-order valence-electron chi connectivity index (χ1n) is 6.16. The van der Waals surface area contributed by atoms with Crippen molar-refractivity contribution in [2.75, 3.05) is 13.6 Å². The zero-order valence-electron chi connectivity index (χ0n) is 10.5. The van der Waals surface area contributed by atoms with E-state index in [0.717, 1.165) is 19.5 Å². The molecule has 0 spiro atoms. The molecular weight excluding hydrogens is 232 g/mol. The van der Waals surface area contributed by atoms with E-state index in [-0.39, 0.29) is 11.9 Å². The van der Waals surface area contributed by atoms with E-state index in [1.165, 1.54) is 12.0 Å². The van der Waals surface area contributed by atoms with Crippen molar-refractivity contribution < 1.29 is 4.79 Å². The third-order valence-electron chi connectivity index (χ3n) is 3.34. The van der Waals surface area contributed by atoms with Crippen LogP contribution < -0.4 is 5.32 Å². The van der Waals surface area contributed by atoms with E-state index in [0.29, 0.717) is 5.92 Å². The van der Waals surface area contributed by atoms with Gasteiger partial charge in [-0.25, -0.2) is 0 Å². The van der Waals surface area contributed by atoms with Gasteiger partial charge in [-0.1, -0.05) is 6.92 Å². The van der Waals surface area contributed by atoms with Crippen LogP contribution in [0.4, 0.5) is 0 Å². The first-order chi connectivity index (χ1) is 8.16. The van der Waals surface area contributed by atoms with Crippen LogP contribution in [0.15, 0.2) is 16.8 Å². The van der Waals surface area contributed by atoms with Gasteiger partial charge in [0.1, 0.15) is 0 Å². The fraction of sp³-hybridized carbons (Fsp3) is 0.615. The number of carbonyl (C=O) groups excluding carboxylic acids is 1. The number of hydrogen-bond donors (Lipinski definition) is 1. The van der Waals surface area contributed by atoms with Crippen molar-refractivity contribution in [2.24, 2.45) is 5.92 Å². The summed E-state index contributed by atoms with van der Waals surface area (Å²) in [6, 6.07) is 2.09. The standard InChI is InChI=1S/C13H20N2OS/c1-10-3-5-14-12(7-10)13(16)15(2)8-11-4-6-17-9-11/h4,6,9-10,12,14H,3,5,7-8H2,1-2H3. The summed E-state index contributed by atoms with van der Waals surface area (Å²) in [7, 11) is 1.89. The summed E-state index contributed by atoms with van der Waals surface area (Å²) in [6.45, 7) is 3.90. The number of nitrogens with zero attached hydrogens (tertiary/aromatic N) is 1. The minimum Gasteiger partial charge on any atom is -0.340 e. The Labute approximate surface area is 107 Å². The number of nitrogens with one attached hydrogen (secondary N) is 1. The SMILES string of the molecule is CC1CCNC(C(=O)N(C)Cc2ccsc2)C1. The minimum absolute atomic E-state index is 0.0161. The molecule has 1 saturated heterocycles. The molecule has 2 atom stereocenters. The molecule has 0 bridgehead atoms. The van der Waals surface area contributed by atoms with Crippen molar-refractivity contribution in [2.45, 2.75) is 32.4 Å². The number of likely N-dealkylation sites (N-methyl/N-ethyl adjacent to an activating group) is 1. The average Bonchev–Trinajstić information content (AvgIpc) is 2.80. The number of rotatable bonds is 3. The third-order valence-corrected chi connectivity index (χ3v) is 4.07. The molecule has 2 rings (SSSR count). The summed E-state index contributed by atoms with van der Waals surface area (Å²) in [5.41, 5.74) is 1.22. The van der Waals surface area contributed by atoms with Gasteiger partial charge in [0.05, 0.1) is 6.04 Å². The Hall–Kier alpha value is -0.870. The second kappa shape index (κ2) is 5.65. The average molecular weight is 252 g/mol. The van der Waals surface area contributed by atoms with Gasteiger partial charge < -0.3 is 10.2 Å². The Bertz CT molecular complexity index is 364. The van der Waals surface area contributed by atoms with Gasteiger partial charge in [-0.2, -0.15) is 11.3 Å². The van der Waals surface area contributed by atoms with Gasteiger partial charge in [-0.15, -0.1) is 0 Å². The molecule has 1 aliphatic rings. The van der Waals surface area contributed by atoms with Gasteiger partial charge in [-0.05, 0) is 47.7 Å². The predicted molar refractivity (Wildman–Crippen MR) is 71.0 cm³/mol. The molecule has 1 amide bonds. The minimum atomic E-state index is 0.0161. The van der Waals surface area contributed by atoms with E-state index in [4.69, 9.17) is 0 Å². The van der Waals surface area contributed by atoms with Crippen LogP contribution in [0.5, 0.6) is 0 Å². The van der Waals surface area contributed by atoms with Gasteiger partial charge in [-0.3, -0.25) is 4.79 Å². The molecular formula is C13H20N2OS. The maximum absolute atomic E-state index is 12.2. The van der Waals surface area contributed by atoms with E-state index < -0.39 is 0 Å². The van der Waals surface area contributed by atoms with E-state index in [2.05, 4.69) is 29.1 Å². The highest BCUT2D eigenvalue weighted by Crippen LogP contribution is 2.17. The van der Waals surface area contributed by atoms with E-state index in [1.54, 1.807) is 11.3 Å². The molecule has 3 nitrogen and oxygen atoms in total. The topological polar surface area (TPSA) is 32.3 Å². The predicted octanol–water partition coefficient (Wildman–Crippen LogP) is 2.09. The summed E-state index contributed by atoms with van der Waals surface area (Å²) in [5, 5.41) is 7.47. The van der Waals surface area contributed by atoms with Crippen LogP contribution in [0.25, 0.3) is 0 Å². The van der Waals surface area contributed by atoms with Crippen LogP contribution in [-0.4, -0.2) is 30.4 Å². The molecule has 0 radical (unpaired) electrons. The third kappa shape index (κ3) is 3.30. The summed E-state index contributed by atoms with van der Waals surface area (Å²) in [6.07, 6.45) is 2.14. The Balaban J connectivity index is 1.90. The Kier molecular flexibility index (Phi) is 4.18. The Morgan fingerprint density at radius 2 is 2.47 bits per heavy atom. The second-order valence-corrected chi connectivity index (χ2v) is 5.74. The summed E-state index contributed by atoms with van der Waals surface area (Å²) >= 11 is 1.68. The molecule has 1 fully saturated rings. The molecule has 1 aliphatic heterocycles. The van der Waals surface area contributed by atoms with Crippen molar-refractivity contribution in [1.82, 2.24) is 10.2 Å². The number of thiophene rings is 1.